The molecule has 100 valence electrons. The van der Waals surface area contributed by atoms with Crippen LogP contribution in [-0.2, 0) is 4.79 Å². The Labute approximate surface area is 110 Å². The van der Waals surface area contributed by atoms with Gasteiger partial charge in [-0.15, -0.1) is 0 Å². The number of carbonyl (C=O) groups excluding carboxylic acids is 1. The summed E-state index contributed by atoms with van der Waals surface area (Å²) in [5, 5.41) is 10.2. The minimum Gasteiger partial charge on any atom is -0.497 e. The number of hydrogen-bond acceptors (Lipinski definition) is 5. The maximum atomic E-state index is 11.4. The third-order valence-corrected chi connectivity index (χ3v) is 2.76. The number of aryl methyl sites for hydroxylation is 1. The normalized spacial score (nSPS) is 10.3. The molecule has 0 aliphatic rings. The molecule has 0 unspecified atom stereocenters. The molecule has 0 saturated heterocycles. The van der Waals surface area contributed by atoms with Crippen molar-refractivity contribution in [2.45, 2.75) is 20.3 Å². The predicted octanol–water partition coefficient (Wildman–Crippen LogP) is 2.40. The molecular weight excluding hydrogens is 246 g/mol. The lowest BCUT2D eigenvalue weighted by Gasteiger charge is -2.06. The first-order valence-corrected chi connectivity index (χ1v) is 5.93. The lowest BCUT2D eigenvalue weighted by Crippen LogP contribution is -2.10. The molecule has 1 aromatic heterocycles. The SMILES string of the molecule is CCC(=O)Nc1nonc1-c1ccc(OC)cc1C. The summed E-state index contributed by atoms with van der Waals surface area (Å²) in [6, 6.07) is 5.56. The number of anilines is 1. The molecule has 2 aromatic rings. The van der Waals surface area contributed by atoms with E-state index in [0.717, 1.165) is 16.9 Å². The van der Waals surface area contributed by atoms with Gasteiger partial charge in [0.15, 0.2) is 5.69 Å². The number of methoxy groups -OCH3 is 1. The fraction of sp³-hybridized carbons (Fsp3) is 0.308. The summed E-state index contributed by atoms with van der Waals surface area (Å²) >= 11 is 0. The van der Waals surface area contributed by atoms with Gasteiger partial charge in [-0.1, -0.05) is 6.92 Å². The predicted molar refractivity (Wildman–Crippen MR) is 69.9 cm³/mol. The van der Waals surface area contributed by atoms with Crippen molar-refractivity contribution in [3.63, 3.8) is 0 Å². The van der Waals surface area contributed by atoms with Gasteiger partial charge in [-0.2, -0.15) is 0 Å². The van der Waals surface area contributed by atoms with E-state index in [0.29, 0.717) is 17.9 Å². The fourth-order valence-electron chi connectivity index (χ4n) is 1.70. The summed E-state index contributed by atoms with van der Waals surface area (Å²) in [4.78, 5) is 11.4. The van der Waals surface area contributed by atoms with Crippen molar-refractivity contribution < 1.29 is 14.2 Å². The van der Waals surface area contributed by atoms with Gasteiger partial charge in [0, 0.05) is 12.0 Å². The Kier molecular flexibility index (Phi) is 3.79. The molecule has 6 nitrogen and oxygen atoms in total. The van der Waals surface area contributed by atoms with Gasteiger partial charge in [-0.05, 0) is 41.0 Å². The van der Waals surface area contributed by atoms with Crippen LogP contribution in [-0.4, -0.2) is 23.3 Å². The van der Waals surface area contributed by atoms with Crippen LogP contribution in [0.5, 0.6) is 5.75 Å². The number of carbonyl (C=O) groups is 1. The van der Waals surface area contributed by atoms with Crippen LogP contribution in [0.1, 0.15) is 18.9 Å². The Morgan fingerprint density at radius 2 is 2.21 bits per heavy atom. The number of ether oxygens (including phenoxy) is 1. The van der Waals surface area contributed by atoms with Crippen LogP contribution in [0.25, 0.3) is 11.3 Å². The van der Waals surface area contributed by atoms with Crippen molar-refractivity contribution in [2.75, 3.05) is 12.4 Å². The maximum absolute atomic E-state index is 11.4. The standard InChI is InChI=1S/C13H15N3O3/c1-4-11(17)14-13-12(15-19-16-13)10-6-5-9(18-3)7-8(10)2/h5-7H,4H2,1-3H3,(H,14,16,17). The van der Waals surface area contributed by atoms with Gasteiger partial charge in [0.05, 0.1) is 7.11 Å². The molecule has 0 radical (unpaired) electrons. The first-order valence-electron chi connectivity index (χ1n) is 5.93. The molecule has 19 heavy (non-hydrogen) atoms. The van der Waals surface area contributed by atoms with Gasteiger partial charge in [-0.25, -0.2) is 4.63 Å². The smallest absolute Gasteiger partial charge is 0.225 e. The second kappa shape index (κ2) is 5.51. The highest BCUT2D eigenvalue weighted by Crippen LogP contribution is 2.29. The Morgan fingerprint density at radius 3 is 2.84 bits per heavy atom. The van der Waals surface area contributed by atoms with Gasteiger partial charge in [0.1, 0.15) is 5.75 Å². The summed E-state index contributed by atoms with van der Waals surface area (Å²) in [5.41, 5.74) is 2.32. The van der Waals surface area contributed by atoms with Crippen molar-refractivity contribution in [1.82, 2.24) is 10.3 Å². The molecule has 0 atom stereocenters. The summed E-state index contributed by atoms with van der Waals surface area (Å²) in [7, 11) is 1.61. The van der Waals surface area contributed by atoms with E-state index in [1.54, 1.807) is 14.0 Å². The van der Waals surface area contributed by atoms with Crippen molar-refractivity contribution in [3.05, 3.63) is 23.8 Å². The van der Waals surface area contributed by atoms with E-state index in [1.807, 2.05) is 25.1 Å². The van der Waals surface area contributed by atoms with Crippen LogP contribution in [0.15, 0.2) is 22.8 Å². The van der Waals surface area contributed by atoms with Gasteiger partial charge < -0.3 is 10.1 Å². The van der Waals surface area contributed by atoms with E-state index >= 15 is 0 Å². The molecule has 0 bridgehead atoms. The van der Waals surface area contributed by atoms with Crippen molar-refractivity contribution >= 4 is 11.7 Å². The van der Waals surface area contributed by atoms with E-state index in [-0.39, 0.29) is 5.91 Å². The molecule has 1 heterocycles. The number of hydrogen-bond donors (Lipinski definition) is 1. The van der Waals surface area contributed by atoms with Crippen LogP contribution in [0, 0.1) is 6.92 Å². The molecule has 0 spiro atoms. The van der Waals surface area contributed by atoms with Gasteiger partial charge in [-0.3, -0.25) is 4.79 Å². The Balaban J connectivity index is 2.37. The molecule has 0 aliphatic carbocycles. The third-order valence-electron chi connectivity index (χ3n) is 2.76. The highest BCUT2D eigenvalue weighted by molar-refractivity contribution is 5.93. The van der Waals surface area contributed by atoms with Crippen LogP contribution in [0.4, 0.5) is 5.82 Å². The molecule has 2 rings (SSSR count). The average molecular weight is 261 g/mol. The summed E-state index contributed by atoms with van der Waals surface area (Å²) in [6.07, 6.45) is 0.369. The number of benzene rings is 1. The minimum atomic E-state index is -0.136. The lowest BCUT2D eigenvalue weighted by molar-refractivity contribution is -0.115. The third kappa shape index (κ3) is 2.73. The summed E-state index contributed by atoms with van der Waals surface area (Å²) in [5.74, 6) is 0.958. The summed E-state index contributed by atoms with van der Waals surface area (Å²) < 4.78 is 9.86. The van der Waals surface area contributed by atoms with Crippen LogP contribution < -0.4 is 10.1 Å². The van der Waals surface area contributed by atoms with Crippen LogP contribution in [0.3, 0.4) is 0 Å². The molecule has 0 fully saturated rings. The number of aromatic nitrogens is 2. The second-order valence-electron chi connectivity index (χ2n) is 4.04. The maximum Gasteiger partial charge on any atom is 0.225 e. The number of amides is 1. The topological polar surface area (TPSA) is 77.3 Å². The highest BCUT2D eigenvalue weighted by Gasteiger charge is 2.16. The Morgan fingerprint density at radius 1 is 1.42 bits per heavy atom. The monoisotopic (exact) mass is 261 g/mol. The van der Waals surface area contributed by atoms with E-state index in [9.17, 15) is 4.79 Å². The lowest BCUT2D eigenvalue weighted by atomic mass is 10.1. The van der Waals surface area contributed by atoms with Crippen LogP contribution >= 0.6 is 0 Å². The Bertz CT molecular complexity index is 593. The van der Waals surface area contributed by atoms with Gasteiger partial charge in [0.2, 0.25) is 11.7 Å². The zero-order chi connectivity index (χ0) is 13.8. The van der Waals surface area contributed by atoms with E-state index in [1.165, 1.54) is 0 Å². The zero-order valence-corrected chi connectivity index (χ0v) is 11.1. The zero-order valence-electron chi connectivity index (χ0n) is 11.1. The van der Waals surface area contributed by atoms with Gasteiger partial charge >= 0.3 is 0 Å². The first-order chi connectivity index (χ1) is 9.15. The largest absolute Gasteiger partial charge is 0.497 e. The van der Waals surface area contributed by atoms with Crippen LogP contribution in [0.2, 0.25) is 0 Å². The number of nitrogens with one attached hydrogen (secondary N) is 1. The first kappa shape index (κ1) is 13.1. The average Bonchev–Trinajstić information content (AvgIpc) is 2.86. The van der Waals surface area contributed by atoms with E-state index in [2.05, 4.69) is 15.6 Å². The molecule has 6 heteroatoms. The summed E-state index contributed by atoms with van der Waals surface area (Å²) in [6.45, 7) is 3.69. The van der Waals surface area contributed by atoms with Crippen molar-refractivity contribution in [1.29, 1.82) is 0 Å². The quantitative estimate of drug-likeness (QED) is 0.914. The molecule has 1 aromatic carbocycles. The number of rotatable bonds is 4. The molecule has 0 saturated carbocycles. The van der Waals surface area contributed by atoms with Gasteiger partial charge in [0.25, 0.3) is 0 Å². The second-order valence-corrected chi connectivity index (χ2v) is 4.04. The van der Waals surface area contributed by atoms with E-state index < -0.39 is 0 Å². The number of nitrogens with zero attached hydrogens (tertiary/aromatic N) is 2. The molecule has 0 aliphatic heterocycles. The Hall–Kier alpha value is -2.37. The molecule has 1 amide bonds. The highest BCUT2D eigenvalue weighted by atomic mass is 16.6. The van der Waals surface area contributed by atoms with E-state index in [4.69, 9.17) is 9.37 Å². The fourth-order valence-corrected chi connectivity index (χ4v) is 1.70. The molecular formula is C13H15N3O3. The minimum absolute atomic E-state index is 0.136. The van der Waals surface area contributed by atoms with Crippen molar-refractivity contribution in [3.8, 4) is 17.0 Å². The molecule has 1 N–H and O–H groups in total. The van der Waals surface area contributed by atoms with Crippen molar-refractivity contribution in [2.24, 2.45) is 0 Å².